The van der Waals surface area contributed by atoms with E-state index in [1.54, 1.807) is 4.90 Å². The van der Waals surface area contributed by atoms with E-state index in [0.29, 0.717) is 32.8 Å². The van der Waals surface area contributed by atoms with Gasteiger partial charge in [-0.15, -0.1) is 0 Å². The molecule has 1 atom stereocenters. The highest BCUT2D eigenvalue weighted by Gasteiger charge is 2.52. The highest BCUT2D eigenvalue weighted by molar-refractivity contribution is 5.81. The van der Waals surface area contributed by atoms with Gasteiger partial charge < -0.3 is 19.6 Å². The molecule has 7 heteroatoms. The van der Waals surface area contributed by atoms with Gasteiger partial charge in [0.05, 0.1) is 12.5 Å². The van der Waals surface area contributed by atoms with E-state index in [9.17, 15) is 14.7 Å². The van der Waals surface area contributed by atoms with Crippen LogP contribution in [0.5, 0.6) is 0 Å². The summed E-state index contributed by atoms with van der Waals surface area (Å²) in [6.45, 7) is 8.02. The number of aliphatic carboxylic acids is 1. The standard InChI is InChI=1S/C22H31N3O4/c1-17-3-2-4-18(13-17)24-9-7-23(8-10-24)15-20(26)25-14-19(21(27)28)22(16-25)5-11-29-12-6-22/h2-4,13,19H,5-12,14-16H2,1H3,(H,27,28). The van der Waals surface area contributed by atoms with E-state index >= 15 is 0 Å². The van der Waals surface area contributed by atoms with E-state index in [-0.39, 0.29) is 11.3 Å². The fourth-order valence-corrected chi connectivity index (χ4v) is 5.06. The van der Waals surface area contributed by atoms with Crippen molar-refractivity contribution in [3.8, 4) is 0 Å². The van der Waals surface area contributed by atoms with Crippen LogP contribution in [0.2, 0.25) is 0 Å². The lowest BCUT2D eigenvalue weighted by atomic mass is 9.72. The summed E-state index contributed by atoms with van der Waals surface area (Å²) in [5.74, 6) is -1.20. The number of nitrogens with zero attached hydrogens (tertiary/aromatic N) is 3. The first-order chi connectivity index (χ1) is 14.0. The third kappa shape index (κ3) is 4.26. The summed E-state index contributed by atoms with van der Waals surface area (Å²) in [5.41, 5.74) is 2.18. The lowest BCUT2D eigenvalue weighted by Crippen LogP contribution is -2.50. The van der Waals surface area contributed by atoms with Crippen LogP contribution in [0.25, 0.3) is 0 Å². The number of carbonyl (C=O) groups excluding carboxylic acids is 1. The minimum absolute atomic E-state index is 0.0589. The molecule has 0 bridgehead atoms. The molecule has 0 radical (unpaired) electrons. The zero-order chi connectivity index (χ0) is 20.4. The van der Waals surface area contributed by atoms with Crippen molar-refractivity contribution >= 4 is 17.6 Å². The van der Waals surface area contributed by atoms with Gasteiger partial charge >= 0.3 is 5.97 Å². The number of likely N-dealkylation sites (tertiary alicyclic amines) is 1. The van der Waals surface area contributed by atoms with Crippen LogP contribution in [-0.4, -0.2) is 85.8 Å². The second-order valence-corrected chi connectivity index (χ2v) is 8.74. The first-order valence-corrected chi connectivity index (χ1v) is 10.6. The maximum absolute atomic E-state index is 13.0. The second-order valence-electron chi connectivity index (χ2n) is 8.74. The summed E-state index contributed by atoms with van der Waals surface area (Å²) < 4.78 is 5.45. The molecule has 3 fully saturated rings. The zero-order valence-corrected chi connectivity index (χ0v) is 17.2. The predicted molar refractivity (Wildman–Crippen MR) is 110 cm³/mol. The number of anilines is 1. The minimum atomic E-state index is -0.783. The summed E-state index contributed by atoms with van der Waals surface area (Å²) >= 11 is 0. The Kier molecular flexibility index (Phi) is 5.79. The molecule has 1 aromatic rings. The van der Waals surface area contributed by atoms with Crippen molar-refractivity contribution in [2.75, 3.05) is 63.9 Å². The number of aryl methyl sites for hydroxylation is 1. The van der Waals surface area contributed by atoms with Crippen LogP contribution in [-0.2, 0) is 14.3 Å². The number of carbonyl (C=O) groups is 2. The Balaban J connectivity index is 1.32. The minimum Gasteiger partial charge on any atom is -0.481 e. The summed E-state index contributed by atoms with van der Waals surface area (Å²) in [6.07, 6.45) is 1.45. The molecule has 3 heterocycles. The van der Waals surface area contributed by atoms with E-state index in [0.717, 1.165) is 39.0 Å². The molecule has 1 spiro atoms. The highest BCUT2D eigenvalue weighted by Crippen LogP contribution is 2.44. The van der Waals surface area contributed by atoms with Crippen molar-refractivity contribution in [3.05, 3.63) is 29.8 Å². The Bertz CT molecular complexity index is 754. The van der Waals surface area contributed by atoms with Crippen LogP contribution < -0.4 is 4.90 Å². The molecule has 29 heavy (non-hydrogen) atoms. The number of hydrogen-bond donors (Lipinski definition) is 1. The van der Waals surface area contributed by atoms with Crippen molar-refractivity contribution in [3.63, 3.8) is 0 Å². The van der Waals surface area contributed by atoms with E-state index in [1.165, 1.54) is 11.3 Å². The van der Waals surface area contributed by atoms with Gasteiger partial charge in [-0.3, -0.25) is 14.5 Å². The number of ether oxygens (including phenoxy) is 1. The largest absolute Gasteiger partial charge is 0.481 e. The number of rotatable bonds is 4. The Hall–Kier alpha value is -2.12. The molecular weight excluding hydrogens is 370 g/mol. The van der Waals surface area contributed by atoms with Gasteiger partial charge in [-0.2, -0.15) is 0 Å². The molecule has 158 valence electrons. The average molecular weight is 402 g/mol. The maximum atomic E-state index is 13.0. The number of amides is 1. The van der Waals surface area contributed by atoms with Crippen molar-refractivity contribution in [1.29, 1.82) is 0 Å². The fraction of sp³-hybridized carbons (Fsp3) is 0.636. The van der Waals surface area contributed by atoms with Crippen LogP contribution in [0.4, 0.5) is 5.69 Å². The first kappa shape index (κ1) is 20.2. The molecule has 0 saturated carbocycles. The average Bonchev–Trinajstić information content (AvgIpc) is 3.08. The molecule has 1 amide bonds. The molecule has 3 aliphatic rings. The highest BCUT2D eigenvalue weighted by atomic mass is 16.5. The monoisotopic (exact) mass is 401 g/mol. The fourth-order valence-electron chi connectivity index (χ4n) is 5.06. The van der Waals surface area contributed by atoms with E-state index in [1.807, 2.05) is 0 Å². The van der Waals surface area contributed by atoms with Gasteiger partial charge in [0, 0.05) is 63.6 Å². The number of carboxylic acids is 1. The number of hydrogen-bond acceptors (Lipinski definition) is 5. The maximum Gasteiger partial charge on any atom is 0.308 e. The number of piperazine rings is 1. The zero-order valence-electron chi connectivity index (χ0n) is 17.2. The summed E-state index contributed by atoms with van der Waals surface area (Å²) in [5, 5.41) is 9.71. The molecule has 1 aromatic carbocycles. The SMILES string of the molecule is Cc1cccc(N2CCN(CC(=O)N3CC(C(=O)O)C4(CCOCC4)C3)CC2)c1. The molecule has 4 rings (SSSR count). The van der Waals surface area contributed by atoms with E-state index in [2.05, 4.69) is 41.0 Å². The van der Waals surface area contributed by atoms with Gasteiger partial charge in [0.25, 0.3) is 0 Å². The van der Waals surface area contributed by atoms with Gasteiger partial charge in [-0.25, -0.2) is 0 Å². The van der Waals surface area contributed by atoms with Crippen LogP contribution in [0.1, 0.15) is 18.4 Å². The quantitative estimate of drug-likeness (QED) is 0.824. The summed E-state index contributed by atoms with van der Waals surface area (Å²) in [6, 6.07) is 8.52. The molecule has 3 saturated heterocycles. The third-order valence-electron chi connectivity index (χ3n) is 6.89. The lowest BCUT2D eigenvalue weighted by Gasteiger charge is -2.37. The topological polar surface area (TPSA) is 73.3 Å². The van der Waals surface area contributed by atoms with Gasteiger partial charge in [0.2, 0.25) is 5.91 Å². The molecule has 0 aromatic heterocycles. The van der Waals surface area contributed by atoms with Gasteiger partial charge in [-0.05, 0) is 37.5 Å². The summed E-state index contributed by atoms with van der Waals surface area (Å²) in [4.78, 5) is 31.1. The molecule has 3 aliphatic heterocycles. The van der Waals surface area contributed by atoms with Crippen LogP contribution in [0, 0.1) is 18.3 Å². The molecular formula is C22H31N3O4. The smallest absolute Gasteiger partial charge is 0.308 e. The van der Waals surface area contributed by atoms with Gasteiger partial charge in [0.15, 0.2) is 0 Å². The van der Waals surface area contributed by atoms with Crippen LogP contribution in [0.15, 0.2) is 24.3 Å². The molecule has 1 N–H and O–H groups in total. The Morgan fingerprint density at radius 3 is 2.55 bits per heavy atom. The normalized spacial score (nSPS) is 24.8. The lowest BCUT2D eigenvalue weighted by molar-refractivity contribution is -0.146. The third-order valence-corrected chi connectivity index (χ3v) is 6.89. The van der Waals surface area contributed by atoms with Gasteiger partial charge in [-0.1, -0.05) is 12.1 Å². The Labute approximate surface area is 172 Å². The van der Waals surface area contributed by atoms with Crippen molar-refractivity contribution in [2.45, 2.75) is 19.8 Å². The van der Waals surface area contributed by atoms with Gasteiger partial charge in [0.1, 0.15) is 0 Å². The Morgan fingerprint density at radius 1 is 1.17 bits per heavy atom. The second kappa shape index (κ2) is 8.32. The first-order valence-electron chi connectivity index (χ1n) is 10.6. The molecule has 7 nitrogen and oxygen atoms in total. The van der Waals surface area contributed by atoms with E-state index in [4.69, 9.17) is 4.74 Å². The van der Waals surface area contributed by atoms with Crippen molar-refractivity contribution in [1.82, 2.24) is 9.80 Å². The van der Waals surface area contributed by atoms with Crippen LogP contribution in [0.3, 0.4) is 0 Å². The van der Waals surface area contributed by atoms with E-state index < -0.39 is 11.9 Å². The Morgan fingerprint density at radius 2 is 1.90 bits per heavy atom. The van der Waals surface area contributed by atoms with Crippen molar-refractivity contribution in [2.24, 2.45) is 11.3 Å². The van der Waals surface area contributed by atoms with Crippen molar-refractivity contribution < 1.29 is 19.4 Å². The van der Waals surface area contributed by atoms with Crippen LogP contribution >= 0.6 is 0 Å². The predicted octanol–water partition coefficient (Wildman–Crippen LogP) is 1.46. The summed E-state index contributed by atoms with van der Waals surface area (Å²) in [7, 11) is 0. The number of benzene rings is 1. The molecule has 1 unspecified atom stereocenters. The molecule has 0 aliphatic carbocycles. The number of carboxylic acid groups (broad SMARTS) is 1.